The van der Waals surface area contributed by atoms with Crippen LogP contribution in [0, 0.1) is 11.8 Å². The van der Waals surface area contributed by atoms with Gasteiger partial charge in [-0.05, 0) is 25.0 Å². The van der Waals surface area contributed by atoms with Crippen LogP contribution in [0.15, 0.2) is 24.3 Å². The molecule has 0 aromatic heterocycles. The van der Waals surface area contributed by atoms with E-state index >= 15 is 0 Å². The van der Waals surface area contributed by atoms with Crippen LogP contribution >= 0.6 is 0 Å². The third-order valence-electron chi connectivity index (χ3n) is 3.58. The summed E-state index contributed by atoms with van der Waals surface area (Å²) in [5.41, 5.74) is 5.95. The minimum atomic E-state index is -0.391. The number of methoxy groups -OCH3 is 1. The molecule has 1 aliphatic carbocycles. The van der Waals surface area contributed by atoms with E-state index in [1.54, 1.807) is 19.2 Å². The van der Waals surface area contributed by atoms with Crippen molar-refractivity contribution >= 4 is 17.5 Å². The van der Waals surface area contributed by atoms with Crippen molar-refractivity contribution in [1.82, 2.24) is 0 Å². The molecule has 0 saturated heterocycles. The predicted octanol–water partition coefficient (Wildman–Crippen LogP) is 1.54. The molecule has 1 aliphatic rings. The molecule has 1 aromatic rings. The summed E-state index contributed by atoms with van der Waals surface area (Å²) in [4.78, 5) is 23.5. The highest BCUT2D eigenvalue weighted by Crippen LogP contribution is 2.33. The summed E-state index contributed by atoms with van der Waals surface area (Å²) in [5, 5.41) is 2.82. The fourth-order valence-corrected chi connectivity index (χ4v) is 2.59. The van der Waals surface area contributed by atoms with Gasteiger partial charge in [-0.3, -0.25) is 9.59 Å². The number of ether oxygens (including phenoxy) is 1. The smallest absolute Gasteiger partial charge is 0.228 e. The number of hydrogen-bond donors (Lipinski definition) is 2. The zero-order valence-corrected chi connectivity index (χ0v) is 10.9. The maximum atomic E-state index is 12.2. The minimum Gasteiger partial charge on any atom is -0.495 e. The molecular weight excluding hydrogens is 244 g/mol. The van der Waals surface area contributed by atoms with Crippen molar-refractivity contribution in [1.29, 1.82) is 0 Å². The van der Waals surface area contributed by atoms with Gasteiger partial charge in [-0.15, -0.1) is 0 Å². The van der Waals surface area contributed by atoms with Crippen LogP contribution in [0.25, 0.3) is 0 Å². The average Bonchev–Trinajstić information content (AvgIpc) is 2.88. The summed E-state index contributed by atoms with van der Waals surface area (Å²) in [6.45, 7) is 0. The first-order valence-electron chi connectivity index (χ1n) is 6.36. The molecule has 5 heteroatoms. The Balaban J connectivity index is 2.10. The number of anilines is 1. The number of rotatable bonds is 4. The summed E-state index contributed by atoms with van der Waals surface area (Å²) in [5.74, 6) is -0.634. The lowest BCUT2D eigenvalue weighted by Crippen LogP contribution is -2.33. The monoisotopic (exact) mass is 262 g/mol. The third kappa shape index (κ3) is 2.86. The van der Waals surface area contributed by atoms with E-state index in [4.69, 9.17) is 10.5 Å². The molecule has 0 spiro atoms. The van der Waals surface area contributed by atoms with Crippen molar-refractivity contribution in [2.45, 2.75) is 19.3 Å². The molecule has 1 fully saturated rings. The molecule has 2 amide bonds. The number of amides is 2. The normalized spacial score (nSPS) is 21.9. The lowest BCUT2D eigenvalue weighted by atomic mass is 9.94. The van der Waals surface area contributed by atoms with Crippen LogP contribution in [-0.2, 0) is 9.59 Å². The van der Waals surface area contributed by atoms with Gasteiger partial charge >= 0.3 is 0 Å². The highest BCUT2D eigenvalue weighted by Gasteiger charge is 2.36. The van der Waals surface area contributed by atoms with Gasteiger partial charge in [-0.1, -0.05) is 18.6 Å². The number of primary amides is 1. The van der Waals surface area contributed by atoms with Crippen LogP contribution in [0.1, 0.15) is 19.3 Å². The van der Waals surface area contributed by atoms with Crippen molar-refractivity contribution < 1.29 is 14.3 Å². The van der Waals surface area contributed by atoms with Crippen LogP contribution in [0.3, 0.4) is 0 Å². The van der Waals surface area contributed by atoms with Gasteiger partial charge < -0.3 is 15.8 Å². The van der Waals surface area contributed by atoms with Gasteiger partial charge in [0.1, 0.15) is 5.75 Å². The standard InChI is InChI=1S/C14H18N2O3/c1-19-12-8-3-2-7-11(12)16-14(18)10-6-4-5-9(10)13(15)17/h2-3,7-10H,4-6H2,1H3,(H2,15,17)(H,16,18). The highest BCUT2D eigenvalue weighted by molar-refractivity contribution is 5.97. The molecule has 5 nitrogen and oxygen atoms in total. The van der Waals surface area contributed by atoms with Crippen LogP contribution in [0.2, 0.25) is 0 Å². The van der Waals surface area contributed by atoms with Gasteiger partial charge in [-0.25, -0.2) is 0 Å². The molecule has 3 N–H and O–H groups in total. The van der Waals surface area contributed by atoms with Gasteiger partial charge in [0.2, 0.25) is 11.8 Å². The van der Waals surface area contributed by atoms with Crippen LogP contribution in [-0.4, -0.2) is 18.9 Å². The SMILES string of the molecule is COc1ccccc1NC(=O)C1CCCC1C(N)=O. The van der Waals surface area contributed by atoms with Crippen LogP contribution < -0.4 is 15.8 Å². The summed E-state index contributed by atoms with van der Waals surface area (Å²) < 4.78 is 5.18. The minimum absolute atomic E-state index is 0.161. The van der Waals surface area contributed by atoms with E-state index in [1.807, 2.05) is 12.1 Å². The first kappa shape index (κ1) is 13.4. The topological polar surface area (TPSA) is 81.4 Å². The highest BCUT2D eigenvalue weighted by atomic mass is 16.5. The number of carbonyl (C=O) groups excluding carboxylic acids is 2. The van der Waals surface area contributed by atoms with E-state index < -0.39 is 5.91 Å². The molecule has 2 atom stereocenters. The van der Waals surface area contributed by atoms with Gasteiger partial charge in [0.15, 0.2) is 0 Å². The maximum absolute atomic E-state index is 12.2. The summed E-state index contributed by atoms with van der Waals surface area (Å²) in [6.07, 6.45) is 2.26. The predicted molar refractivity (Wildman–Crippen MR) is 71.6 cm³/mol. The van der Waals surface area contributed by atoms with E-state index in [0.29, 0.717) is 24.3 Å². The zero-order chi connectivity index (χ0) is 13.8. The molecule has 102 valence electrons. The number of carbonyl (C=O) groups is 2. The maximum Gasteiger partial charge on any atom is 0.228 e. The third-order valence-corrected chi connectivity index (χ3v) is 3.58. The van der Waals surface area contributed by atoms with Gasteiger partial charge in [0, 0.05) is 11.8 Å². The molecule has 19 heavy (non-hydrogen) atoms. The molecule has 0 radical (unpaired) electrons. The second-order valence-electron chi connectivity index (χ2n) is 4.74. The summed E-state index contributed by atoms with van der Waals surface area (Å²) in [6, 6.07) is 7.19. The Morgan fingerprint density at radius 1 is 1.26 bits per heavy atom. The number of benzene rings is 1. The van der Waals surface area contributed by atoms with Crippen molar-refractivity contribution in [3.05, 3.63) is 24.3 Å². The Hall–Kier alpha value is -2.04. The van der Waals surface area contributed by atoms with E-state index in [0.717, 1.165) is 6.42 Å². The molecule has 1 aromatic carbocycles. The Morgan fingerprint density at radius 3 is 2.63 bits per heavy atom. The number of para-hydroxylation sites is 2. The van der Waals surface area contributed by atoms with Gasteiger partial charge in [-0.2, -0.15) is 0 Å². The largest absolute Gasteiger partial charge is 0.495 e. The van der Waals surface area contributed by atoms with Crippen molar-refractivity contribution in [3.8, 4) is 5.75 Å². The first-order valence-corrected chi connectivity index (χ1v) is 6.36. The number of nitrogens with two attached hydrogens (primary N) is 1. The lowest BCUT2D eigenvalue weighted by Gasteiger charge is -2.17. The Morgan fingerprint density at radius 2 is 1.95 bits per heavy atom. The first-order chi connectivity index (χ1) is 9.13. The summed E-state index contributed by atoms with van der Waals surface area (Å²) >= 11 is 0. The molecule has 2 rings (SSSR count). The Bertz CT molecular complexity index is 487. The van der Waals surface area contributed by atoms with Crippen molar-refractivity contribution in [3.63, 3.8) is 0 Å². The molecule has 0 heterocycles. The van der Waals surface area contributed by atoms with Crippen LogP contribution in [0.4, 0.5) is 5.69 Å². The van der Waals surface area contributed by atoms with Gasteiger partial charge in [0.25, 0.3) is 0 Å². The van der Waals surface area contributed by atoms with Crippen molar-refractivity contribution in [2.75, 3.05) is 12.4 Å². The second kappa shape index (κ2) is 5.73. The number of hydrogen-bond acceptors (Lipinski definition) is 3. The fraction of sp³-hybridized carbons (Fsp3) is 0.429. The average molecular weight is 262 g/mol. The van der Waals surface area contributed by atoms with Crippen molar-refractivity contribution in [2.24, 2.45) is 17.6 Å². The Kier molecular flexibility index (Phi) is 4.04. The van der Waals surface area contributed by atoms with E-state index in [2.05, 4.69) is 5.32 Å². The molecular formula is C14H18N2O3. The number of nitrogens with one attached hydrogen (secondary N) is 1. The fourth-order valence-electron chi connectivity index (χ4n) is 2.59. The second-order valence-corrected chi connectivity index (χ2v) is 4.74. The van der Waals surface area contributed by atoms with Crippen LogP contribution in [0.5, 0.6) is 5.75 Å². The molecule has 2 unspecified atom stereocenters. The van der Waals surface area contributed by atoms with E-state index in [-0.39, 0.29) is 17.7 Å². The molecule has 1 saturated carbocycles. The quantitative estimate of drug-likeness (QED) is 0.863. The zero-order valence-electron chi connectivity index (χ0n) is 10.9. The van der Waals surface area contributed by atoms with Gasteiger partial charge in [0.05, 0.1) is 12.8 Å². The van der Waals surface area contributed by atoms with E-state index in [9.17, 15) is 9.59 Å². The summed E-state index contributed by atoms with van der Waals surface area (Å²) in [7, 11) is 1.55. The molecule has 0 aliphatic heterocycles. The van der Waals surface area contributed by atoms with E-state index in [1.165, 1.54) is 0 Å². The Labute approximate surface area is 112 Å². The lowest BCUT2D eigenvalue weighted by molar-refractivity contribution is -0.129. The molecule has 0 bridgehead atoms.